The predicted octanol–water partition coefficient (Wildman–Crippen LogP) is 3.23. The zero-order valence-electron chi connectivity index (χ0n) is 11.5. The number of furan rings is 1. The van der Waals surface area contributed by atoms with Gasteiger partial charge in [-0.3, -0.25) is 0 Å². The van der Waals surface area contributed by atoms with E-state index in [1.807, 2.05) is 6.07 Å². The molecule has 5 rings (SSSR count). The standard InChI is InChI=1S/C15H12Cl2N4O/c16-9-1-2-10-11(12(9)17)13-14(22-10)15(20-6-19-13)21-5-7-3-8(21)4-18-7/h1-2,6-8,18H,3-5H2/t7-,8-/m0/s1. The molecule has 22 heavy (non-hydrogen) atoms. The minimum absolute atomic E-state index is 0.468. The number of aromatic nitrogens is 2. The van der Waals surface area contributed by atoms with Gasteiger partial charge in [0.15, 0.2) is 11.4 Å². The van der Waals surface area contributed by atoms with Gasteiger partial charge in [-0.1, -0.05) is 23.2 Å². The van der Waals surface area contributed by atoms with Crippen LogP contribution in [0.3, 0.4) is 0 Å². The lowest BCUT2D eigenvalue weighted by atomic mass is 10.2. The van der Waals surface area contributed by atoms with Crippen LogP contribution in [0.15, 0.2) is 22.9 Å². The third-order valence-electron chi connectivity index (χ3n) is 4.62. The van der Waals surface area contributed by atoms with Crippen molar-refractivity contribution in [1.82, 2.24) is 15.3 Å². The van der Waals surface area contributed by atoms with Gasteiger partial charge >= 0.3 is 0 Å². The second-order valence-electron chi connectivity index (χ2n) is 5.86. The molecule has 2 aliphatic rings. The fourth-order valence-electron chi connectivity index (χ4n) is 3.61. The molecule has 112 valence electrons. The molecule has 0 aliphatic carbocycles. The second kappa shape index (κ2) is 4.47. The van der Waals surface area contributed by atoms with Crippen LogP contribution >= 0.6 is 23.2 Å². The molecule has 0 spiro atoms. The minimum Gasteiger partial charge on any atom is -0.450 e. The number of nitrogens with zero attached hydrogens (tertiary/aromatic N) is 3. The number of anilines is 1. The van der Waals surface area contributed by atoms with E-state index in [-0.39, 0.29) is 0 Å². The quantitative estimate of drug-likeness (QED) is 0.740. The lowest BCUT2D eigenvalue weighted by molar-refractivity contribution is 0.572. The average molecular weight is 335 g/mol. The van der Waals surface area contributed by atoms with Gasteiger partial charge < -0.3 is 14.6 Å². The molecule has 4 heterocycles. The van der Waals surface area contributed by atoms with E-state index < -0.39 is 0 Å². The molecule has 1 aromatic carbocycles. The van der Waals surface area contributed by atoms with E-state index in [9.17, 15) is 0 Å². The molecule has 1 N–H and O–H groups in total. The molecule has 2 bridgehead atoms. The molecular weight excluding hydrogens is 323 g/mol. The summed E-state index contributed by atoms with van der Waals surface area (Å²) in [4.78, 5) is 11.2. The lowest BCUT2D eigenvalue weighted by Gasteiger charge is -2.28. The van der Waals surface area contributed by atoms with Gasteiger partial charge in [-0.25, -0.2) is 9.97 Å². The zero-order chi connectivity index (χ0) is 14.8. The van der Waals surface area contributed by atoms with Crippen molar-refractivity contribution < 1.29 is 4.42 Å². The number of piperazine rings is 1. The number of hydrogen-bond donors (Lipinski definition) is 1. The van der Waals surface area contributed by atoms with Crippen LogP contribution < -0.4 is 10.2 Å². The van der Waals surface area contributed by atoms with Crippen molar-refractivity contribution in [3.63, 3.8) is 0 Å². The van der Waals surface area contributed by atoms with Crippen LogP contribution in [0.2, 0.25) is 10.0 Å². The molecule has 3 aromatic rings. The van der Waals surface area contributed by atoms with Crippen LogP contribution in [-0.4, -0.2) is 35.1 Å². The molecule has 0 unspecified atom stereocenters. The van der Waals surface area contributed by atoms with Gasteiger partial charge in [0.25, 0.3) is 0 Å². The molecule has 2 aliphatic heterocycles. The number of rotatable bonds is 1. The van der Waals surface area contributed by atoms with Crippen molar-refractivity contribution in [1.29, 1.82) is 0 Å². The summed E-state index contributed by atoms with van der Waals surface area (Å²) in [6.45, 7) is 1.94. The summed E-state index contributed by atoms with van der Waals surface area (Å²) in [5.41, 5.74) is 2.10. The Labute approximate surface area is 136 Å². The first kappa shape index (κ1) is 12.9. The Kier molecular flexibility index (Phi) is 2.63. The summed E-state index contributed by atoms with van der Waals surface area (Å²) in [5, 5.41) is 5.23. The Hall–Kier alpha value is -1.56. The van der Waals surface area contributed by atoms with Crippen LogP contribution in [-0.2, 0) is 0 Å². The summed E-state index contributed by atoms with van der Waals surface area (Å²) in [6, 6.07) is 4.57. The Morgan fingerprint density at radius 1 is 1.27 bits per heavy atom. The van der Waals surface area contributed by atoms with Crippen LogP contribution in [0.5, 0.6) is 0 Å². The predicted molar refractivity (Wildman–Crippen MR) is 86.9 cm³/mol. The van der Waals surface area contributed by atoms with Gasteiger partial charge in [0, 0.05) is 25.2 Å². The van der Waals surface area contributed by atoms with Crippen molar-refractivity contribution >= 4 is 51.1 Å². The first-order valence-corrected chi connectivity index (χ1v) is 7.99. The molecule has 2 saturated heterocycles. The topological polar surface area (TPSA) is 54.2 Å². The van der Waals surface area contributed by atoms with E-state index in [4.69, 9.17) is 27.6 Å². The summed E-state index contributed by atoms with van der Waals surface area (Å²) in [7, 11) is 0. The van der Waals surface area contributed by atoms with Gasteiger partial charge in [-0.2, -0.15) is 0 Å². The maximum absolute atomic E-state index is 6.35. The number of benzene rings is 1. The monoisotopic (exact) mass is 334 g/mol. The summed E-state index contributed by atoms with van der Waals surface area (Å²) < 4.78 is 6.01. The zero-order valence-corrected chi connectivity index (χ0v) is 13.0. The molecule has 0 amide bonds. The molecule has 0 saturated carbocycles. The summed E-state index contributed by atoms with van der Waals surface area (Å²) in [5.74, 6) is 0.849. The summed E-state index contributed by atoms with van der Waals surface area (Å²) in [6.07, 6.45) is 2.72. The number of hydrogen-bond acceptors (Lipinski definition) is 5. The highest BCUT2D eigenvalue weighted by molar-refractivity contribution is 6.46. The van der Waals surface area contributed by atoms with Crippen LogP contribution in [0.25, 0.3) is 22.1 Å². The molecule has 2 atom stereocenters. The lowest BCUT2D eigenvalue weighted by Crippen LogP contribution is -2.44. The Balaban J connectivity index is 1.78. The van der Waals surface area contributed by atoms with Crippen LogP contribution in [0.4, 0.5) is 5.82 Å². The van der Waals surface area contributed by atoms with E-state index >= 15 is 0 Å². The van der Waals surface area contributed by atoms with E-state index in [1.54, 1.807) is 12.4 Å². The van der Waals surface area contributed by atoms with Crippen LogP contribution in [0, 0.1) is 0 Å². The molecule has 2 aromatic heterocycles. The number of fused-ring (bicyclic) bond motifs is 5. The second-order valence-corrected chi connectivity index (χ2v) is 6.64. The highest BCUT2D eigenvalue weighted by Crippen LogP contribution is 2.40. The fraction of sp³-hybridized carbons (Fsp3) is 0.333. The molecule has 5 nitrogen and oxygen atoms in total. The first-order valence-electron chi connectivity index (χ1n) is 7.23. The third kappa shape index (κ3) is 1.64. The largest absolute Gasteiger partial charge is 0.450 e. The van der Waals surface area contributed by atoms with Gasteiger partial charge in [0.05, 0.1) is 15.4 Å². The smallest absolute Gasteiger partial charge is 0.196 e. The van der Waals surface area contributed by atoms with Crippen molar-refractivity contribution in [2.45, 2.75) is 18.5 Å². The summed E-state index contributed by atoms with van der Waals surface area (Å²) >= 11 is 12.5. The molecule has 7 heteroatoms. The first-order chi connectivity index (χ1) is 10.7. The van der Waals surface area contributed by atoms with Crippen molar-refractivity contribution in [3.05, 3.63) is 28.5 Å². The van der Waals surface area contributed by atoms with E-state index in [1.165, 1.54) is 0 Å². The molecule has 2 fully saturated rings. The van der Waals surface area contributed by atoms with E-state index in [0.717, 1.165) is 36.2 Å². The number of nitrogens with one attached hydrogen (secondary N) is 1. The van der Waals surface area contributed by atoms with Crippen molar-refractivity contribution in [3.8, 4) is 0 Å². The minimum atomic E-state index is 0.468. The Bertz CT molecular complexity index is 909. The third-order valence-corrected chi connectivity index (χ3v) is 5.42. The normalized spacial score (nSPS) is 24.0. The Morgan fingerprint density at radius 3 is 2.95 bits per heavy atom. The average Bonchev–Trinajstić information content (AvgIpc) is 3.23. The fourth-order valence-corrected chi connectivity index (χ4v) is 4.01. The van der Waals surface area contributed by atoms with Gasteiger partial charge in [-0.05, 0) is 18.6 Å². The van der Waals surface area contributed by atoms with Gasteiger partial charge in [0.1, 0.15) is 17.4 Å². The van der Waals surface area contributed by atoms with Crippen LogP contribution in [0.1, 0.15) is 6.42 Å². The van der Waals surface area contributed by atoms with Gasteiger partial charge in [0.2, 0.25) is 0 Å². The Morgan fingerprint density at radius 2 is 2.18 bits per heavy atom. The number of halogens is 2. The van der Waals surface area contributed by atoms with E-state index in [0.29, 0.717) is 33.3 Å². The maximum atomic E-state index is 6.35. The molecular formula is C15H12Cl2N4O. The highest BCUT2D eigenvalue weighted by atomic mass is 35.5. The maximum Gasteiger partial charge on any atom is 0.196 e. The highest BCUT2D eigenvalue weighted by Gasteiger charge is 2.39. The SMILES string of the molecule is Clc1ccc2oc3c(N4C[C@@H]5C[C@H]4CN5)ncnc3c2c1Cl. The van der Waals surface area contributed by atoms with Gasteiger partial charge in [-0.15, -0.1) is 0 Å². The van der Waals surface area contributed by atoms with Crippen molar-refractivity contribution in [2.24, 2.45) is 0 Å². The van der Waals surface area contributed by atoms with E-state index in [2.05, 4.69) is 20.2 Å². The molecule has 0 radical (unpaired) electrons. The van der Waals surface area contributed by atoms with Crippen molar-refractivity contribution in [2.75, 3.05) is 18.0 Å².